The Morgan fingerprint density at radius 3 is 2.40 bits per heavy atom. The lowest BCUT2D eigenvalue weighted by Crippen LogP contribution is -2.14. The van der Waals surface area contributed by atoms with Gasteiger partial charge in [0, 0.05) is 11.4 Å². The summed E-state index contributed by atoms with van der Waals surface area (Å²) in [6, 6.07) is 16.2. The van der Waals surface area contributed by atoms with Crippen molar-refractivity contribution in [2.24, 2.45) is 0 Å². The highest BCUT2D eigenvalue weighted by atomic mass is 32.2. The molecular formula is C18H16N2O4S. The number of amides is 1. The molecule has 0 saturated heterocycles. The molecule has 0 fully saturated rings. The maximum absolute atomic E-state index is 12.3. The molecule has 6 nitrogen and oxygen atoms in total. The van der Waals surface area contributed by atoms with Gasteiger partial charge >= 0.3 is 0 Å². The number of hydrogen-bond acceptors (Lipinski definition) is 4. The molecule has 0 saturated carbocycles. The van der Waals surface area contributed by atoms with Crippen LogP contribution in [-0.2, 0) is 10.0 Å². The van der Waals surface area contributed by atoms with Crippen molar-refractivity contribution in [2.75, 3.05) is 10.0 Å². The standard InChI is InChI=1S/C18H16N2O4S/c1-13-12-14(20-25(22,23)15-6-3-2-4-7-15)9-10-16(13)19-18(21)17-8-5-11-24-17/h2-12,20H,1H3,(H,19,21). The lowest BCUT2D eigenvalue weighted by atomic mass is 10.2. The summed E-state index contributed by atoms with van der Waals surface area (Å²) in [7, 11) is -3.65. The Morgan fingerprint density at radius 1 is 1.00 bits per heavy atom. The van der Waals surface area contributed by atoms with Gasteiger partial charge in [-0.2, -0.15) is 0 Å². The molecule has 0 radical (unpaired) electrons. The van der Waals surface area contributed by atoms with Gasteiger partial charge in [-0.1, -0.05) is 18.2 Å². The Morgan fingerprint density at radius 2 is 1.76 bits per heavy atom. The molecule has 1 heterocycles. The van der Waals surface area contributed by atoms with Crippen molar-refractivity contribution in [1.82, 2.24) is 0 Å². The van der Waals surface area contributed by atoms with E-state index in [9.17, 15) is 13.2 Å². The molecule has 1 amide bonds. The molecule has 0 aliphatic rings. The van der Waals surface area contributed by atoms with Gasteiger partial charge in [0.25, 0.3) is 15.9 Å². The first-order chi connectivity index (χ1) is 12.0. The topological polar surface area (TPSA) is 88.4 Å². The van der Waals surface area contributed by atoms with Gasteiger partial charge in [0.05, 0.1) is 11.2 Å². The van der Waals surface area contributed by atoms with Gasteiger partial charge in [0.2, 0.25) is 0 Å². The van der Waals surface area contributed by atoms with Gasteiger partial charge in [-0.15, -0.1) is 0 Å². The Kier molecular flexibility index (Phi) is 4.58. The summed E-state index contributed by atoms with van der Waals surface area (Å²) in [6.07, 6.45) is 1.42. The van der Waals surface area contributed by atoms with Gasteiger partial charge in [-0.25, -0.2) is 8.42 Å². The Bertz CT molecular complexity index is 981. The third-order valence-electron chi connectivity index (χ3n) is 3.53. The second-order valence-corrected chi connectivity index (χ2v) is 7.06. The van der Waals surface area contributed by atoms with Crippen LogP contribution in [0.15, 0.2) is 76.2 Å². The molecule has 0 atom stereocenters. The zero-order chi connectivity index (χ0) is 17.9. The molecule has 0 aliphatic carbocycles. The fourth-order valence-electron chi connectivity index (χ4n) is 2.27. The van der Waals surface area contributed by atoms with E-state index in [0.29, 0.717) is 16.9 Å². The number of benzene rings is 2. The smallest absolute Gasteiger partial charge is 0.291 e. The summed E-state index contributed by atoms with van der Waals surface area (Å²) in [5.41, 5.74) is 1.70. The Balaban J connectivity index is 1.77. The number of rotatable bonds is 5. The fraction of sp³-hybridized carbons (Fsp3) is 0.0556. The lowest BCUT2D eigenvalue weighted by Gasteiger charge is -2.12. The van der Waals surface area contributed by atoms with E-state index < -0.39 is 10.0 Å². The molecule has 2 N–H and O–H groups in total. The number of carbonyl (C=O) groups is 1. The number of nitrogens with one attached hydrogen (secondary N) is 2. The van der Waals surface area contributed by atoms with Crippen molar-refractivity contribution in [3.63, 3.8) is 0 Å². The van der Waals surface area contributed by atoms with Gasteiger partial charge in [-0.05, 0) is 55.0 Å². The first-order valence-corrected chi connectivity index (χ1v) is 8.97. The number of hydrogen-bond donors (Lipinski definition) is 2. The number of furan rings is 1. The molecule has 2 aromatic carbocycles. The lowest BCUT2D eigenvalue weighted by molar-refractivity contribution is 0.0996. The van der Waals surface area contributed by atoms with Crippen molar-refractivity contribution >= 4 is 27.3 Å². The third kappa shape index (κ3) is 3.89. The van der Waals surface area contributed by atoms with E-state index in [2.05, 4.69) is 10.0 Å². The van der Waals surface area contributed by atoms with Crippen LogP contribution in [0.5, 0.6) is 0 Å². The second-order valence-electron chi connectivity index (χ2n) is 5.38. The van der Waals surface area contributed by atoms with Crippen LogP contribution in [0.1, 0.15) is 16.1 Å². The minimum Gasteiger partial charge on any atom is -0.459 e. The highest BCUT2D eigenvalue weighted by Crippen LogP contribution is 2.23. The van der Waals surface area contributed by atoms with Crippen molar-refractivity contribution in [1.29, 1.82) is 0 Å². The normalized spacial score (nSPS) is 11.1. The SMILES string of the molecule is Cc1cc(NS(=O)(=O)c2ccccc2)ccc1NC(=O)c1ccco1. The van der Waals surface area contributed by atoms with E-state index in [1.54, 1.807) is 55.5 Å². The summed E-state index contributed by atoms with van der Waals surface area (Å²) in [5.74, 6) is -0.168. The van der Waals surface area contributed by atoms with Gasteiger partial charge in [-0.3, -0.25) is 9.52 Å². The van der Waals surface area contributed by atoms with E-state index in [-0.39, 0.29) is 16.6 Å². The fourth-order valence-corrected chi connectivity index (χ4v) is 3.34. The van der Waals surface area contributed by atoms with Crippen LogP contribution in [0.4, 0.5) is 11.4 Å². The largest absolute Gasteiger partial charge is 0.459 e. The highest BCUT2D eigenvalue weighted by molar-refractivity contribution is 7.92. The third-order valence-corrected chi connectivity index (χ3v) is 4.92. The van der Waals surface area contributed by atoms with Gasteiger partial charge < -0.3 is 9.73 Å². The molecule has 128 valence electrons. The summed E-state index contributed by atoms with van der Waals surface area (Å²) in [5, 5.41) is 2.72. The molecule has 0 aliphatic heterocycles. The van der Waals surface area contributed by atoms with Crippen molar-refractivity contribution in [3.8, 4) is 0 Å². The molecule has 3 aromatic rings. The predicted molar refractivity (Wildman–Crippen MR) is 95.1 cm³/mol. The Labute approximate surface area is 145 Å². The maximum Gasteiger partial charge on any atom is 0.291 e. The van der Waals surface area contributed by atoms with Crippen molar-refractivity contribution in [2.45, 2.75) is 11.8 Å². The van der Waals surface area contributed by atoms with E-state index in [1.165, 1.54) is 18.4 Å². The highest BCUT2D eigenvalue weighted by Gasteiger charge is 2.15. The summed E-state index contributed by atoms with van der Waals surface area (Å²) < 4.78 is 32.2. The summed E-state index contributed by atoms with van der Waals surface area (Å²) >= 11 is 0. The van der Waals surface area contributed by atoms with Crippen molar-refractivity contribution < 1.29 is 17.6 Å². The summed E-state index contributed by atoms with van der Waals surface area (Å²) in [4.78, 5) is 12.2. The molecule has 7 heteroatoms. The minimum atomic E-state index is -3.65. The number of carbonyl (C=O) groups excluding carboxylic acids is 1. The number of aryl methyl sites for hydroxylation is 1. The van der Waals surface area contributed by atoms with Crippen LogP contribution in [0.3, 0.4) is 0 Å². The predicted octanol–water partition coefficient (Wildman–Crippen LogP) is 3.64. The first kappa shape index (κ1) is 16.8. The van der Waals surface area contributed by atoms with E-state index >= 15 is 0 Å². The second kappa shape index (κ2) is 6.82. The van der Waals surface area contributed by atoms with Crippen LogP contribution in [0.2, 0.25) is 0 Å². The molecular weight excluding hydrogens is 340 g/mol. The quantitative estimate of drug-likeness (QED) is 0.730. The number of anilines is 2. The minimum absolute atomic E-state index is 0.183. The van der Waals surface area contributed by atoms with E-state index in [0.717, 1.165) is 0 Å². The van der Waals surface area contributed by atoms with Crippen LogP contribution in [0, 0.1) is 6.92 Å². The molecule has 1 aromatic heterocycles. The van der Waals surface area contributed by atoms with Crippen LogP contribution in [-0.4, -0.2) is 14.3 Å². The Hall–Kier alpha value is -3.06. The first-order valence-electron chi connectivity index (χ1n) is 7.49. The zero-order valence-corrected chi connectivity index (χ0v) is 14.2. The maximum atomic E-state index is 12.3. The van der Waals surface area contributed by atoms with E-state index in [1.807, 2.05) is 0 Å². The molecule has 25 heavy (non-hydrogen) atoms. The summed E-state index contributed by atoms with van der Waals surface area (Å²) in [6.45, 7) is 1.78. The zero-order valence-electron chi connectivity index (χ0n) is 13.4. The molecule has 0 bridgehead atoms. The van der Waals surface area contributed by atoms with Gasteiger partial charge in [0.15, 0.2) is 5.76 Å². The van der Waals surface area contributed by atoms with Crippen molar-refractivity contribution in [3.05, 3.63) is 78.3 Å². The van der Waals surface area contributed by atoms with Gasteiger partial charge in [0.1, 0.15) is 0 Å². The molecule has 0 unspecified atom stereocenters. The molecule has 0 spiro atoms. The average Bonchev–Trinajstić information content (AvgIpc) is 3.12. The average molecular weight is 356 g/mol. The van der Waals surface area contributed by atoms with Crippen LogP contribution < -0.4 is 10.0 Å². The van der Waals surface area contributed by atoms with E-state index in [4.69, 9.17) is 4.42 Å². The number of sulfonamides is 1. The monoisotopic (exact) mass is 356 g/mol. The molecule has 3 rings (SSSR count). The van der Waals surface area contributed by atoms with Crippen LogP contribution in [0.25, 0.3) is 0 Å². The van der Waals surface area contributed by atoms with Crippen LogP contribution >= 0.6 is 0 Å².